The summed E-state index contributed by atoms with van der Waals surface area (Å²) in [6, 6.07) is 1.84. The maximum Gasteiger partial charge on any atom is 0.407 e. The lowest BCUT2D eigenvalue weighted by atomic mass is 9.99. The normalized spacial score (nSPS) is 15.1. The van der Waals surface area contributed by atoms with E-state index in [9.17, 15) is 9.59 Å². The molecule has 1 rings (SSSR count). The SMILES string of the molecule is CCOC(=O)C(C#N)=C1CCN(C(=O)O)CC1. The van der Waals surface area contributed by atoms with Gasteiger partial charge in [0.2, 0.25) is 0 Å². The second-order valence-corrected chi connectivity index (χ2v) is 3.58. The molecule has 6 heteroatoms. The van der Waals surface area contributed by atoms with Crippen molar-refractivity contribution >= 4 is 12.1 Å². The molecule has 17 heavy (non-hydrogen) atoms. The first kappa shape index (κ1) is 13.0. The van der Waals surface area contributed by atoms with Crippen molar-refractivity contribution in [2.75, 3.05) is 19.7 Å². The lowest BCUT2D eigenvalue weighted by Gasteiger charge is -2.26. The molecule has 0 aromatic rings. The van der Waals surface area contributed by atoms with Crippen LogP contribution in [-0.2, 0) is 9.53 Å². The molecule has 0 aromatic heterocycles. The molecular formula is C11H14N2O4. The lowest BCUT2D eigenvalue weighted by Crippen LogP contribution is -2.35. The van der Waals surface area contributed by atoms with Crippen LogP contribution < -0.4 is 0 Å². The number of rotatable bonds is 2. The highest BCUT2D eigenvalue weighted by molar-refractivity contribution is 5.93. The summed E-state index contributed by atoms with van der Waals surface area (Å²) in [5, 5.41) is 17.7. The Morgan fingerprint density at radius 3 is 2.47 bits per heavy atom. The fourth-order valence-corrected chi connectivity index (χ4v) is 1.69. The highest BCUT2D eigenvalue weighted by Crippen LogP contribution is 2.20. The highest BCUT2D eigenvalue weighted by Gasteiger charge is 2.23. The van der Waals surface area contributed by atoms with Crippen LogP contribution in [-0.4, -0.2) is 41.8 Å². The van der Waals surface area contributed by atoms with Crippen LogP contribution in [0.4, 0.5) is 4.79 Å². The number of esters is 1. The molecule has 0 radical (unpaired) electrons. The Hall–Kier alpha value is -2.03. The van der Waals surface area contributed by atoms with Crippen LogP contribution in [0.15, 0.2) is 11.1 Å². The van der Waals surface area contributed by atoms with Gasteiger partial charge in [-0.25, -0.2) is 9.59 Å². The van der Waals surface area contributed by atoms with Crippen molar-refractivity contribution in [2.45, 2.75) is 19.8 Å². The number of carbonyl (C=O) groups is 2. The zero-order chi connectivity index (χ0) is 12.8. The van der Waals surface area contributed by atoms with Crippen molar-refractivity contribution in [3.8, 4) is 6.07 Å². The smallest absolute Gasteiger partial charge is 0.407 e. The summed E-state index contributed by atoms with van der Waals surface area (Å²) < 4.78 is 4.77. The topological polar surface area (TPSA) is 90.6 Å². The van der Waals surface area contributed by atoms with E-state index in [0.29, 0.717) is 31.5 Å². The number of carbonyl (C=O) groups excluding carboxylic acids is 1. The maximum absolute atomic E-state index is 11.5. The number of likely N-dealkylation sites (tertiary alicyclic amines) is 1. The molecule has 6 nitrogen and oxygen atoms in total. The van der Waals surface area contributed by atoms with Gasteiger partial charge in [-0.3, -0.25) is 0 Å². The number of hydrogen-bond donors (Lipinski definition) is 1. The maximum atomic E-state index is 11.5. The van der Waals surface area contributed by atoms with Crippen LogP contribution in [0.3, 0.4) is 0 Å². The summed E-state index contributed by atoms with van der Waals surface area (Å²) in [5.74, 6) is -0.617. The van der Waals surface area contributed by atoms with Gasteiger partial charge in [0.25, 0.3) is 0 Å². The van der Waals surface area contributed by atoms with Crippen LogP contribution >= 0.6 is 0 Å². The van der Waals surface area contributed by atoms with Crippen molar-refractivity contribution in [2.24, 2.45) is 0 Å². The van der Waals surface area contributed by atoms with Crippen molar-refractivity contribution in [1.29, 1.82) is 5.26 Å². The number of amides is 1. The van der Waals surface area contributed by atoms with Crippen LogP contribution in [0.2, 0.25) is 0 Å². The largest absolute Gasteiger partial charge is 0.465 e. The van der Waals surface area contributed by atoms with Gasteiger partial charge in [-0.1, -0.05) is 0 Å². The lowest BCUT2D eigenvalue weighted by molar-refractivity contribution is -0.138. The molecule has 0 unspecified atom stereocenters. The van der Waals surface area contributed by atoms with E-state index in [-0.39, 0.29) is 12.2 Å². The van der Waals surface area contributed by atoms with E-state index >= 15 is 0 Å². The predicted molar refractivity (Wildman–Crippen MR) is 58.1 cm³/mol. The molecular weight excluding hydrogens is 224 g/mol. The van der Waals surface area contributed by atoms with E-state index in [4.69, 9.17) is 15.1 Å². The fourth-order valence-electron chi connectivity index (χ4n) is 1.69. The zero-order valence-corrected chi connectivity index (χ0v) is 9.60. The van der Waals surface area contributed by atoms with Crippen molar-refractivity contribution in [3.63, 3.8) is 0 Å². The molecule has 0 bridgehead atoms. The summed E-state index contributed by atoms with van der Waals surface area (Å²) in [7, 11) is 0. The van der Waals surface area contributed by atoms with Gasteiger partial charge in [0, 0.05) is 13.1 Å². The van der Waals surface area contributed by atoms with E-state index in [1.54, 1.807) is 6.92 Å². The molecule has 1 amide bonds. The third-order valence-corrected chi connectivity index (χ3v) is 2.58. The average Bonchev–Trinajstić information content (AvgIpc) is 2.31. The minimum Gasteiger partial charge on any atom is -0.465 e. The quantitative estimate of drug-likeness (QED) is 0.442. The van der Waals surface area contributed by atoms with E-state index in [2.05, 4.69) is 0 Å². The Kier molecular flexibility index (Phi) is 4.52. The summed E-state index contributed by atoms with van der Waals surface area (Å²) in [4.78, 5) is 23.4. The van der Waals surface area contributed by atoms with E-state index < -0.39 is 12.1 Å². The van der Waals surface area contributed by atoms with Crippen molar-refractivity contribution in [3.05, 3.63) is 11.1 Å². The minimum atomic E-state index is -0.973. The van der Waals surface area contributed by atoms with Gasteiger partial charge in [0.15, 0.2) is 0 Å². The Morgan fingerprint density at radius 2 is 2.06 bits per heavy atom. The second kappa shape index (κ2) is 5.89. The Bertz CT molecular complexity index is 385. The van der Waals surface area contributed by atoms with Gasteiger partial charge in [0.1, 0.15) is 11.6 Å². The Labute approximate surface area is 99.1 Å². The van der Waals surface area contributed by atoms with Gasteiger partial charge in [-0.05, 0) is 25.3 Å². The van der Waals surface area contributed by atoms with Gasteiger partial charge >= 0.3 is 12.1 Å². The molecule has 1 heterocycles. The van der Waals surface area contributed by atoms with E-state index in [1.807, 2.05) is 6.07 Å². The highest BCUT2D eigenvalue weighted by atomic mass is 16.5. The van der Waals surface area contributed by atoms with Crippen LogP contribution in [0.5, 0.6) is 0 Å². The molecule has 1 aliphatic heterocycles. The third-order valence-electron chi connectivity index (χ3n) is 2.58. The van der Waals surface area contributed by atoms with Gasteiger partial charge in [-0.15, -0.1) is 0 Å². The van der Waals surface area contributed by atoms with Crippen LogP contribution in [0.25, 0.3) is 0 Å². The van der Waals surface area contributed by atoms with Crippen molar-refractivity contribution < 1.29 is 19.4 Å². The van der Waals surface area contributed by atoms with Gasteiger partial charge in [0.05, 0.1) is 6.61 Å². The number of hydrogen-bond acceptors (Lipinski definition) is 4. The first-order valence-electron chi connectivity index (χ1n) is 5.37. The van der Waals surface area contributed by atoms with Gasteiger partial charge in [-0.2, -0.15) is 5.26 Å². The molecule has 0 aliphatic carbocycles. The number of ether oxygens (including phenoxy) is 1. The molecule has 1 saturated heterocycles. The average molecular weight is 238 g/mol. The van der Waals surface area contributed by atoms with Crippen molar-refractivity contribution in [1.82, 2.24) is 4.90 Å². The molecule has 92 valence electrons. The Morgan fingerprint density at radius 1 is 1.47 bits per heavy atom. The first-order valence-corrected chi connectivity index (χ1v) is 5.37. The monoisotopic (exact) mass is 238 g/mol. The van der Waals surface area contributed by atoms with Crippen LogP contribution in [0, 0.1) is 11.3 Å². The molecule has 1 aliphatic rings. The number of piperidine rings is 1. The second-order valence-electron chi connectivity index (χ2n) is 3.58. The van der Waals surface area contributed by atoms with E-state index in [1.165, 1.54) is 4.90 Å². The molecule has 0 aromatic carbocycles. The number of nitrogens with zero attached hydrogens (tertiary/aromatic N) is 2. The Balaban J connectivity index is 2.75. The molecule has 0 atom stereocenters. The molecule has 1 N–H and O–H groups in total. The molecule has 1 fully saturated rings. The molecule has 0 spiro atoms. The number of nitriles is 1. The fraction of sp³-hybridized carbons (Fsp3) is 0.545. The summed E-state index contributed by atoms with van der Waals surface area (Å²) in [6.07, 6.45) is -0.152. The van der Waals surface area contributed by atoms with E-state index in [0.717, 1.165) is 0 Å². The summed E-state index contributed by atoms with van der Waals surface area (Å²) in [5.41, 5.74) is 0.709. The summed E-state index contributed by atoms with van der Waals surface area (Å²) in [6.45, 7) is 2.52. The third kappa shape index (κ3) is 3.21. The standard InChI is InChI=1S/C11H14N2O4/c1-2-17-10(14)9(7-12)8-3-5-13(6-4-8)11(15)16/h2-6H2,1H3,(H,15,16). The predicted octanol–water partition coefficient (Wildman–Crippen LogP) is 1.14. The first-order chi connectivity index (χ1) is 8.10. The minimum absolute atomic E-state index is 0.0249. The zero-order valence-electron chi connectivity index (χ0n) is 9.60. The summed E-state index contributed by atoms with van der Waals surface area (Å²) >= 11 is 0. The molecule has 0 saturated carbocycles. The van der Waals surface area contributed by atoms with Gasteiger partial charge < -0.3 is 14.7 Å². The van der Waals surface area contributed by atoms with Crippen LogP contribution in [0.1, 0.15) is 19.8 Å². The number of carboxylic acid groups (broad SMARTS) is 1.